The lowest BCUT2D eigenvalue weighted by molar-refractivity contribution is -0.154. The Bertz CT molecular complexity index is 423. The second-order valence-corrected chi connectivity index (χ2v) is 5.27. The van der Waals surface area contributed by atoms with E-state index < -0.39 is 12.1 Å². The van der Waals surface area contributed by atoms with Crippen molar-refractivity contribution in [2.24, 2.45) is 0 Å². The van der Waals surface area contributed by atoms with Crippen LogP contribution < -0.4 is 0 Å². The fourth-order valence-corrected chi connectivity index (χ4v) is 2.67. The summed E-state index contributed by atoms with van der Waals surface area (Å²) in [6.07, 6.45) is 3.96. The summed E-state index contributed by atoms with van der Waals surface area (Å²) in [6.45, 7) is 4.98. The number of imide groups is 1. The van der Waals surface area contributed by atoms with Crippen molar-refractivity contribution in [3.05, 3.63) is 12.2 Å². The Kier molecular flexibility index (Phi) is 4.02. The van der Waals surface area contributed by atoms with E-state index in [1.807, 2.05) is 0 Å². The number of nitrogens with zero attached hydrogens (tertiary/aromatic N) is 1. The van der Waals surface area contributed by atoms with Crippen molar-refractivity contribution < 1.29 is 19.1 Å². The normalized spacial score (nSPS) is 24.7. The van der Waals surface area contributed by atoms with Crippen LogP contribution in [-0.2, 0) is 19.1 Å². The third-order valence-electron chi connectivity index (χ3n) is 3.68. The Morgan fingerprint density at radius 2 is 1.89 bits per heavy atom. The second kappa shape index (κ2) is 5.55. The number of amides is 2. The summed E-state index contributed by atoms with van der Waals surface area (Å²) in [6, 6.07) is -0.0118. The van der Waals surface area contributed by atoms with Gasteiger partial charge >= 0.3 is 5.97 Å². The van der Waals surface area contributed by atoms with Crippen LogP contribution in [0.4, 0.5) is 0 Å². The van der Waals surface area contributed by atoms with Gasteiger partial charge in [0.25, 0.3) is 5.91 Å². The number of rotatable bonds is 3. The molecular weight excluding hydrogens is 246 g/mol. The smallest absolute Gasteiger partial charge is 0.333 e. The van der Waals surface area contributed by atoms with Gasteiger partial charge in [-0.25, -0.2) is 4.79 Å². The molecule has 0 aromatic heterocycles. The maximum Gasteiger partial charge on any atom is 0.333 e. The molecule has 5 heteroatoms. The number of carbonyl (C=O) groups is 3. The van der Waals surface area contributed by atoms with E-state index in [0.29, 0.717) is 0 Å². The van der Waals surface area contributed by atoms with Crippen LogP contribution in [0, 0.1) is 0 Å². The van der Waals surface area contributed by atoms with Gasteiger partial charge in [-0.15, -0.1) is 0 Å². The first kappa shape index (κ1) is 13.8. The van der Waals surface area contributed by atoms with Gasteiger partial charge < -0.3 is 4.74 Å². The van der Waals surface area contributed by atoms with E-state index in [2.05, 4.69) is 6.58 Å². The highest BCUT2D eigenvalue weighted by molar-refractivity contribution is 6.06. The number of carbonyl (C=O) groups excluding carboxylic acids is 3. The first-order valence-corrected chi connectivity index (χ1v) is 6.73. The minimum Gasteiger partial charge on any atom is -0.448 e. The zero-order chi connectivity index (χ0) is 14.0. The van der Waals surface area contributed by atoms with Crippen LogP contribution in [-0.4, -0.2) is 34.8 Å². The quantitative estimate of drug-likeness (QED) is 0.441. The highest BCUT2D eigenvalue weighted by Crippen LogP contribution is 2.28. The minimum atomic E-state index is -0.960. The number of hydrogen-bond acceptors (Lipinski definition) is 4. The van der Waals surface area contributed by atoms with Crippen LogP contribution >= 0.6 is 0 Å². The van der Waals surface area contributed by atoms with Gasteiger partial charge in [-0.1, -0.05) is 25.8 Å². The summed E-state index contributed by atoms with van der Waals surface area (Å²) < 4.78 is 5.03. The van der Waals surface area contributed by atoms with Gasteiger partial charge in [0.05, 0.1) is 6.42 Å². The van der Waals surface area contributed by atoms with Crippen LogP contribution in [0.2, 0.25) is 0 Å². The molecular formula is C14H19NO4. The van der Waals surface area contributed by atoms with Crippen molar-refractivity contribution in [3.63, 3.8) is 0 Å². The summed E-state index contributed by atoms with van der Waals surface area (Å²) >= 11 is 0. The molecule has 2 rings (SSSR count). The van der Waals surface area contributed by atoms with Crippen LogP contribution in [0.5, 0.6) is 0 Å². The topological polar surface area (TPSA) is 63.7 Å². The maximum absolute atomic E-state index is 12.2. The van der Waals surface area contributed by atoms with Crippen LogP contribution in [0.15, 0.2) is 12.2 Å². The average Bonchev–Trinajstić information content (AvgIpc) is 2.65. The van der Waals surface area contributed by atoms with Gasteiger partial charge in [0.1, 0.15) is 0 Å². The van der Waals surface area contributed by atoms with E-state index in [9.17, 15) is 14.4 Å². The highest BCUT2D eigenvalue weighted by atomic mass is 16.5. The number of likely N-dealkylation sites (tertiary alicyclic amines) is 1. The summed E-state index contributed by atoms with van der Waals surface area (Å²) in [4.78, 5) is 36.9. The van der Waals surface area contributed by atoms with Crippen LogP contribution in [0.3, 0.4) is 0 Å². The van der Waals surface area contributed by atoms with Crippen molar-refractivity contribution >= 4 is 17.8 Å². The van der Waals surface area contributed by atoms with Gasteiger partial charge in [-0.05, 0) is 19.8 Å². The molecule has 1 aliphatic heterocycles. The van der Waals surface area contributed by atoms with Gasteiger partial charge in [0.15, 0.2) is 6.10 Å². The third kappa shape index (κ3) is 2.85. The molecule has 1 atom stereocenters. The van der Waals surface area contributed by atoms with E-state index in [4.69, 9.17) is 4.74 Å². The Labute approximate surface area is 112 Å². The summed E-state index contributed by atoms with van der Waals surface area (Å²) in [5.74, 6) is -1.21. The molecule has 0 spiro atoms. The zero-order valence-electron chi connectivity index (χ0n) is 11.2. The van der Waals surface area contributed by atoms with E-state index >= 15 is 0 Å². The maximum atomic E-state index is 12.2. The molecule has 1 unspecified atom stereocenters. The van der Waals surface area contributed by atoms with Gasteiger partial charge in [0.2, 0.25) is 5.91 Å². The van der Waals surface area contributed by atoms with Crippen LogP contribution in [0.1, 0.15) is 45.4 Å². The third-order valence-corrected chi connectivity index (χ3v) is 3.68. The predicted octanol–water partition coefficient (Wildman–Crippen LogP) is 1.57. The molecule has 1 saturated heterocycles. The molecule has 0 aromatic rings. The summed E-state index contributed by atoms with van der Waals surface area (Å²) in [5.41, 5.74) is 0.233. The van der Waals surface area contributed by atoms with Gasteiger partial charge in [-0.3, -0.25) is 14.5 Å². The molecule has 5 nitrogen and oxygen atoms in total. The Morgan fingerprint density at radius 3 is 2.47 bits per heavy atom. The molecule has 0 aromatic carbocycles. The van der Waals surface area contributed by atoms with E-state index in [-0.39, 0.29) is 29.9 Å². The van der Waals surface area contributed by atoms with Gasteiger partial charge in [-0.2, -0.15) is 0 Å². The minimum absolute atomic E-state index is 0.0118. The predicted molar refractivity (Wildman–Crippen MR) is 68.0 cm³/mol. The van der Waals surface area contributed by atoms with E-state index in [1.54, 1.807) is 0 Å². The van der Waals surface area contributed by atoms with Crippen LogP contribution in [0.25, 0.3) is 0 Å². The Morgan fingerprint density at radius 1 is 1.26 bits per heavy atom. The second-order valence-electron chi connectivity index (χ2n) is 5.27. The van der Waals surface area contributed by atoms with E-state index in [0.717, 1.165) is 32.1 Å². The highest BCUT2D eigenvalue weighted by Gasteiger charge is 2.44. The average molecular weight is 265 g/mol. The first-order chi connectivity index (χ1) is 9.00. The zero-order valence-corrected chi connectivity index (χ0v) is 11.2. The molecule has 2 fully saturated rings. The van der Waals surface area contributed by atoms with Gasteiger partial charge in [0, 0.05) is 11.6 Å². The standard InChI is InChI=1S/C14H19NO4/c1-9(2)14(18)19-11-8-12(16)15(13(11)17)10-6-4-3-5-7-10/h10-11H,1,3-8H2,2H3. The molecule has 0 N–H and O–H groups in total. The van der Waals surface area contributed by atoms with Crippen molar-refractivity contribution in [2.45, 2.75) is 57.6 Å². The molecule has 1 aliphatic carbocycles. The van der Waals surface area contributed by atoms with Crippen molar-refractivity contribution in [3.8, 4) is 0 Å². The lowest BCUT2D eigenvalue weighted by Crippen LogP contribution is -2.42. The van der Waals surface area contributed by atoms with Crippen molar-refractivity contribution in [1.82, 2.24) is 4.90 Å². The Hall–Kier alpha value is -1.65. The fourth-order valence-electron chi connectivity index (χ4n) is 2.67. The van der Waals surface area contributed by atoms with Crippen molar-refractivity contribution in [2.75, 3.05) is 0 Å². The number of ether oxygens (including phenoxy) is 1. The molecule has 1 saturated carbocycles. The number of hydrogen-bond donors (Lipinski definition) is 0. The lowest BCUT2D eigenvalue weighted by Gasteiger charge is -2.29. The molecule has 2 amide bonds. The van der Waals surface area contributed by atoms with Crippen molar-refractivity contribution in [1.29, 1.82) is 0 Å². The SMILES string of the molecule is C=C(C)C(=O)OC1CC(=O)N(C2CCCCC2)C1=O. The monoisotopic (exact) mass is 265 g/mol. The molecule has 104 valence electrons. The molecule has 0 bridgehead atoms. The lowest BCUT2D eigenvalue weighted by atomic mass is 9.94. The largest absolute Gasteiger partial charge is 0.448 e. The first-order valence-electron chi connectivity index (χ1n) is 6.73. The molecule has 19 heavy (non-hydrogen) atoms. The summed E-state index contributed by atoms with van der Waals surface area (Å²) in [7, 11) is 0. The Balaban J connectivity index is 2.03. The molecule has 1 heterocycles. The summed E-state index contributed by atoms with van der Waals surface area (Å²) in [5, 5.41) is 0. The van der Waals surface area contributed by atoms with E-state index in [1.165, 1.54) is 11.8 Å². The fraction of sp³-hybridized carbons (Fsp3) is 0.643. The molecule has 0 radical (unpaired) electrons. The number of esters is 1. The molecule has 2 aliphatic rings.